The number of fused-ring (bicyclic) bond motifs is 1. The molecule has 0 saturated heterocycles. The van der Waals surface area contributed by atoms with Crippen LogP contribution in [0.4, 0.5) is 0 Å². The van der Waals surface area contributed by atoms with Crippen LogP contribution in [0.1, 0.15) is 23.0 Å². The van der Waals surface area contributed by atoms with Gasteiger partial charge in [0.15, 0.2) is 0 Å². The molecule has 2 aromatic carbocycles. The first-order chi connectivity index (χ1) is 9.70. The number of benzene rings is 2. The third-order valence-corrected chi connectivity index (χ3v) is 3.36. The maximum atomic E-state index is 11.1. The number of carboxylic acids is 1. The van der Waals surface area contributed by atoms with E-state index in [0.717, 1.165) is 16.3 Å². The van der Waals surface area contributed by atoms with Crippen molar-refractivity contribution in [2.45, 2.75) is 13.3 Å². The fraction of sp³-hybridized carbons (Fsp3) is 0.125. The number of hydrogen-bond acceptors (Lipinski definition) is 3. The summed E-state index contributed by atoms with van der Waals surface area (Å²) in [5.74, 6) is -1.16. The van der Waals surface area contributed by atoms with Crippen molar-refractivity contribution in [3.05, 3.63) is 53.8 Å². The Morgan fingerprint density at radius 1 is 1.20 bits per heavy atom. The van der Waals surface area contributed by atoms with E-state index in [4.69, 9.17) is 9.63 Å². The second-order valence-corrected chi connectivity index (χ2v) is 4.56. The zero-order valence-corrected chi connectivity index (χ0v) is 11.0. The highest BCUT2D eigenvalue weighted by atomic mass is 16.5. The Labute approximate surface area is 115 Å². The SMILES string of the molecule is CCc1c(-c2ccc3ccccc3c2)noc1C(=O)O. The number of carbonyl (C=O) groups is 1. The fourth-order valence-electron chi connectivity index (χ4n) is 2.37. The Kier molecular flexibility index (Phi) is 2.99. The molecule has 0 aliphatic rings. The molecule has 3 rings (SSSR count). The van der Waals surface area contributed by atoms with E-state index in [9.17, 15) is 4.79 Å². The molecule has 3 aromatic rings. The number of aromatic nitrogens is 1. The summed E-state index contributed by atoms with van der Waals surface area (Å²) >= 11 is 0. The number of hydrogen-bond donors (Lipinski definition) is 1. The van der Waals surface area contributed by atoms with Gasteiger partial charge in [0.1, 0.15) is 5.69 Å². The zero-order chi connectivity index (χ0) is 14.1. The molecular formula is C16H13NO3. The predicted octanol–water partition coefficient (Wildman–Crippen LogP) is 3.76. The van der Waals surface area contributed by atoms with Gasteiger partial charge in [0.2, 0.25) is 5.76 Å². The molecule has 0 saturated carbocycles. The lowest BCUT2D eigenvalue weighted by Gasteiger charge is -2.02. The highest BCUT2D eigenvalue weighted by molar-refractivity contribution is 5.91. The van der Waals surface area contributed by atoms with Gasteiger partial charge in [-0.15, -0.1) is 0 Å². The van der Waals surface area contributed by atoms with Crippen LogP contribution in [0.5, 0.6) is 0 Å². The topological polar surface area (TPSA) is 63.3 Å². The minimum atomic E-state index is -1.08. The summed E-state index contributed by atoms with van der Waals surface area (Å²) in [6.45, 7) is 1.89. The molecule has 0 bridgehead atoms. The van der Waals surface area contributed by atoms with Crippen molar-refractivity contribution < 1.29 is 14.4 Å². The third kappa shape index (κ3) is 1.95. The van der Waals surface area contributed by atoms with E-state index in [1.165, 1.54) is 0 Å². The molecule has 0 spiro atoms. The molecule has 0 amide bonds. The van der Waals surface area contributed by atoms with Gasteiger partial charge >= 0.3 is 5.97 Å². The summed E-state index contributed by atoms with van der Waals surface area (Å²) in [7, 11) is 0. The lowest BCUT2D eigenvalue weighted by molar-refractivity contribution is 0.0650. The van der Waals surface area contributed by atoms with Crippen molar-refractivity contribution in [1.29, 1.82) is 0 Å². The summed E-state index contributed by atoms with van der Waals surface area (Å²) in [5, 5.41) is 15.2. The van der Waals surface area contributed by atoms with Crippen LogP contribution in [-0.4, -0.2) is 16.2 Å². The standard InChI is InChI=1S/C16H13NO3/c1-2-13-14(17-20-15(13)16(18)19)12-8-7-10-5-3-4-6-11(10)9-12/h3-9H,2H2,1H3,(H,18,19). The van der Waals surface area contributed by atoms with E-state index in [1.807, 2.05) is 49.4 Å². The van der Waals surface area contributed by atoms with E-state index >= 15 is 0 Å². The molecule has 1 N–H and O–H groups in total. The molecule has 0 aliphatic carbocycles. The van der Waals surface area contributed by atoms with Crippen LogP contribution in [0.3, 0.4) is 0 Å². The second-order valence-electron chi connectivity index (χ2n) is 4.56. The van der Waals surface area contributed by atoms with Gasteiger partial charge in [-0.3, -0.25) is 0 Å². The predicted molar refractivity (Wildman–Crippen MR) is 75.8 cm³/mol. The summed E-state index contributed by atoms with van der Waals surface area (Å²) in [5.41, 5.74) is 2.11. The Hall–Kier alpha value is -2.62. The maximum Gasteiger partial charge on any atom is 0.375 e. The smallest absolute Gasteiger partial charge is 0.375 e. The average molecular weight is 267 g/mol. The summed E-state index contributed by atoms with van der Waals surface area (Å²) in [6, 6.07) is 13.9. The second kappa shape index (κ2) is 4.81. The normalized spacial score (nSPS) is 10.8. The van der Waals surface area contributed by atoms with Crippen molar-refractivity contribution in [1.82, 2.24) is 5.16 Å². The number of carboxylic acid groups (broad SMARTS) is 1. The van der Waals surface area contributed by atoms with Gasteiger partial charge in [-0.05, 0) is 23.3 Å². The highest BCUT2D eigenvalue weighted by Crippen LogP contribution is 2.28. The molecule has 20 heavy (non-hydrogen) atoms. The monoisotopic (exact) mass is 267 g/mol. The van der Waals surface area contributed by atoms with Crippen molar-refractivity contribution in [3.8, 4) is 11.3 Å². The largest absolute Gasteiger partial charge is 0.475 e. The van der Waals surface area contributed by atoms with Crippen LogP contribution in [-0.2, 0) is 6.42 Å². The van der Waals surface area contributed by atoms with Gasteiger partial charge in [-0.2, -0.15) is 0 Å². The fourth-order valence-corrected chi connectivity index (χ4v) is 2.37. The number of nitrogens with zero attached hydrogens (tertiary/aromatic N) is 1. The molecule has 0 aliphatic heterocycles. The third-order valence-electron chi connectivity index (χ3n) is 3.36. The lowest BCUT2D eigenvalue weighted by atomic mass is 10.0. The van der Waals surface area contributed by atoms with E-state index < -0.39 is 5.97 Å². The van der Waals surface area contributed by atoms with Crippen LogP contribution in [0.2, 0.25) is 0 Å². The number of rotatable bonds is 3. The first-order valence-electron chi connectivity index (χ1n) is 6.41. The van der Waals surface area contributed by atoms with Crippen LogP contribution in [0.15, 0.2) is 47.0 Å². The molecule has 4 heteroatoms. The molecular weight excluding hydrogens is 254 g/mol. The van der Waals surface area contributed by atoms with Gasteiger partial charge in [0.25, 0.3) is 0 Å². The Morgan fingerprint density at radius 3 is 2.65 bits per heavy atom. The minimum absolute atomic E-state index is 0.0735. The van der Waals surface area contributed by atoms with Crippen molar-refractivity contribution in [2.24, 2.45) is 0 Å². The molecule has 0 unspecified atom stereocenters. The Bertz CT molecular complexity index is 789. The molecule has 4 nitrogen and oxygen atoms in total. The van der Waals surface area contributed by atoms with Gasteiger partial charge in [0, 0.05) is 11.1 Å². The van der Waals surface area contributed by atoms with Crippen LogP contribution in [0.25, 0.3) is 22.0 Å². The Morgan fingerprint density at radius 2 is 1.95 bits per heavy atom. The number of aromatic carboxylic acids is 1. The first kappa shape index (κ1) is 12.4. The lowest BCUT2D eigenvalue weighted by Crippen LogP contribution is -1.98. The van der Waals surface area contributed by atoms with Gasteiger partial charge < -0.3 is 9.63 Å². The van der Waals surface area contributed by atoms with Crippen LogP contribution < -0.4 is 0 Å². The van der Waals surface area contributed by atoms with E-state index in [0.29, 0.717) is 17.7 Å². The van der Waals surface area contributed by atoms with Crippen LogP contribution in [0, 0.1) is 0 Å². The van der Waals surface area contributed by atoms with Gasteiger partial charge in [0.05, 0.1) is 0 Å². The molecule has 0 radical (unpaired) electrons. The molecule has 0 fully saturated rings. The average Bonchev–Trinajstić information content (AvgIpc) is 2.90. The van der Waals surface area contributed by atoms with Gasteiger partial charge in [-0.25, -0.2) is 4.79 Å². The summed E-state index contributed by atoms with van der Waals surface area (Å²) in [4.78, 5) is 11.1. The minimum Gasteiger partial charge on any atom is -0.475 e. The van der Waals surface area contributed by atoms with Crippen molar-refractivity contribution >= 4 is 16.7 Å². The van der Waals surface area contributed by atoms with E-state index in [2.05, 4.69) is 5.16 Å². The maximum absolute atomic E-state index is 11.1. The summed E-state index contributed by atoms with van der Waals surface area (Å²) in [6.07, 6.45) is 0.563. The van der Waals surface area contributed by atoms with Crippen molar-refractivity contribution in [3.63, 3.8) is 0 Å². The quantitative estimate of drug-likeness (QED) is 0.784. The molecule has 1 heterocycles. The highest BCUT2D eigenvalue weighted by Gasteiger charge is 2.21. The van der Waals surface area contributed by atoms with Crippen molar-refractivity contribution in [2.75, 3.05) is 0 Å². The Balaban J connectivity index is 2.18. The first-order valence-corrected chi connectivity index (χ1v) is 6.41. The summed E-state index contributed by atoms with van der Waals surface area (Å²) < 4.78 is 4.97. The molecule has 0 atom stereocenters. The van der Waals surface area contributed by atoms with E-state index in [1.54, 1.807) is 0 Å². The molecule has 1 aromatic heterocycles. The van der Waals surface area contributed by atoms with Crippen LogP contribution >= 0.6 is 0 Å². The zero-order valence-electron chi connectivity index (χ0n) is 11.0. The van der Waals surface area contributed by atoms with Gasteiger partial charge in [-0.1, -0.05) is 48.5 Å². The van der Waals surface area contributed by atoms with E-state index in [-0.39, 0.29) is 5.76 Å². The molecule has 100 valence electrons.